The molecule has 0 aromatic heterocycles. The van der Waals surface area contributed by atoms with Gasteiger partial charge in [0.05, 0.1) is 0 Å². The third kappa shape index (κ3) is 4.41. The number of carbonyl (C=O) groups is 1. The van der Waals surface area contributed by atoms with E-state index in [9.17, 15) is 15.2 Å². The first kappa shape index (κ1) is 21.6. The highest BCUT2D eigenvalue weighted by atomic mass is 16.5. The third-order valence-electron chi connectivity index (χ3n) is 6.08. The molecule has 2 saturated heterocycles. The van der Waals surface area contributed by atoms with Gasteiger partial charge in [0, 0.05) is 41.4 Å². The lowest BCUT2D eigenvalue weighted by Crippen LogP contribution is -2.61. The van der Waals surface area contributed by atoms with Crippen LogP contribution in [-0.4, -0.2) is 54.8 Å². The predicted molar refractivity (Wildman–Crippen MR) is 100 cm³/mol. The van der Waals surface area contributed by atoms with Crippen LogP contribution in [-0.2, 0) is 9.53 Å². The first-order valence-corrected chi connectivity index (χ1v) is 9.75. The van der Waals surface area contributed by atoms with Gasteiger partial charge in [0.25, 0.3) is 0 Å². The van der Waals surface area contributed by atoms with Crippen LogP contribution in [0.4, 0.5) is 0 Å². The molecule has 2 fully saturated rings. The van der Waals surface area contributed by atoms with E-state index in [4.69, 9.17) is 4.74 Å². The molecule has 152 valence electrons. The van der Waals surface area contributed by atoms with Gasteiger partial charge >= 0.3 is 5.97 Å². The minimum atomic E-state index is -0.432. The maximum atomic E-state index is 12.6. The molecule has 0 aromatic rings. The predicted octanol–water partition coefficient (Wildman–Crippen LogP) is 3.99. The molecule has 2 aliphatic rings. The summed E-state index contributed by atoms with van der Waals surface area (Å²) in [6.07, 6.45) is 2.94. The van der Waals surface area contributed by atoms with Gasteiger partial charge in [-0.2, -0.15) is 10.1 Å². The Labute approximate surface area is 158 Å². The lowest BCUT2D eigenvalue weighted by Gasteiger charge is -2.52. The van der Waals surface area contributed by atoms with Crippen molar-refractivity contribution in [1.82, 2.24) is 10.1 Å². The Morgan fingerprint density at radius 1 is 0.808 bits per heavy atom. The summed E-state index contributed by atoms with van der Waals surface area (Å²) in [5, 5.41) is 23.6. The first-order chi connectivity index (χ1) is 11.6. The van der Waals surface area contributed by atoms with E-state index in [1.165, 1.54) is 10.1 Å². The van der Waals surface area contributed by atoms with Crippen molar-refractivity contribution in [2.45, 2.75) is 116 Å². The van der Waals surface area contributed by atoms with Crippen molar-refractivity contribution in [2.75, 3.05) is 0 Å². The van der Waals surface area contributed by atoms with Crippen molar-refractivity contribution in [1.29, 1.82) is 0 Å². The maximum absolute atomic E-state index is 12.6. The first-order valence-electron chi connectivity index (χ1n) is 9.75. The highest BCUT2D eigenvalue weighted by molar-refractivity contribution is 5.70. The number of hydrogen-bond acceptors (Lipinski definition) is 6. The fraction of sp³-hybridized carbons (Fsp3) is 0.950. The average molecular weight is 371 g/mol. The molecule has 26 heavy (non-hydrogen) atoms. The number of hydrogen-bond donors (Lipinski definition) is 2. The topological polar surface area (TPSA) is 73.2 Å². The molecular formula is C20H38N2O4. The summed E-state index contributed by atoms with van der Waals surface area (Å²) in [6, 6.07) is 0. The Balaban J connectivity index is 1.99. The number of esters is 1. The van der Waals surface area contributed by atoms with Crippen molar-refractivity contribution >= 4 is 5.97 Å². The molecule has 0 bridgehead atoms. The van der Waals surface area contributed by atoms with Crippen LogP contribution in [0.1, 0.15) is 87.5 Å². The lowest BCUT2D eigenvalue weighted by molar-refractivity contribution is -0.260. The molecule has 2 N–H and O–H groups in total. The number of ether oxygens (including phenoxy) is 1. The second-order valence-electron chi connectivity index (χ2n) is 10.9. The van der Waals surface area contributed by atoms with E-state index in [-0.39, 0.29) is 29.1 Å². The highest BCUT2D eigenvalue weighted by Crippen LogP contribution is 2.42. The van der Waals surface area contributed by atoms with Crippen molar-refractivity contribution in [2.24, 2.45) is 5.92 Å². The quantitative estimate of drug-likeness (QED) is 0.732. The molecule has 6 heteroatoms. The molecular weight excluding hydrogens is 332 g/mol. The Kier molecular flexibility index (Phi) is 5.59. The number of nitrogens with zero attached hydrogens (tertiary/aromatic N) is 2. The Hall–Kier alpha value is -0.690. The van der Waals surface area contributed by atoms with Crippen molar-refractivity contribution in [3.63, 3.8) is 0 Å². The van der Waals surface area contributed by atoms with E-state index in [2.05, 4.69) is 0 Å². The lowest BCUT2D eigenvalue weighted by atomic mass is 9.74. The third-order valence-corrected chi connectivity index (χ3v) is 6.08. The molecule has 2 rings (SSSR count). The molecule has 0 spiro atoms. The van der Waals surface area contributed by atoms with E-state index >= 15 is 0 Å². The zero-order valence-corrected chi connectivity index (χ0v) is 17.8. The van der Waals surface area contributed by atoms with E-state index in [1.54, 1.807) is 0 Å². The number of carbonyl (C=O) groups excluding carboxylic acids is 1. The second-order valence-corrected chi connectivity index (χ2v) is 10.9. The second kappa shape index (κ2) is 6.73. The van der Waals surface area contributed by atoms with Gasteiger partial charge < -0.3 is 15.2 Å². The van der Waals surface area contributed by atoms with Gasteiger partial charge in [0.1, 0.15) is 6.10 Å². The summed E-state index contributed by atoms with van der Waals surface area (Å²) < 4.78 is 5.82. The average Bonchev–Trinajstić information content (AvgIpc) is 2.40. The summed E-state index contributed by atoms with van der Waals surface area (Å²) in [5.74, 6) is 0.0193. The van der Waals surface area contributed by atoms with Crippen LogP contribution in [0.3, 0.4) is 0 Å². The maximum Gasteiger partial charge on any atom is 0.306 e. The van der Waals surface area contributed by atoms with Gasteiger partial charge in [0.2, 0.25) is 0 Å². The summed E-state index contributed by atoms with van der Waals surface area (Å²) in [5.41, 5.74) is -1.59. The Morgan fingerprint density at radius 3 is 1.54 bits per heavy atom. The van der Waals surface area contributed by atoms with Gasteiger partial charge in [-0.15, -0.1) is 0 Å². The fourth-order valence-corrected chi connectivity index (χ4v) is 5.35. The van der Waals surface area contributed by atoms with E-state index in [1.807, 2.05) is 55.4 Å². The van der Waals surface area contributed by atoms with E-state index in [0.717, 1.165) is 12.8 Å². The van der Waals surface area contributed by atoms with Crippen molar-refractivity contribution in [3.05, 3.63) is 0 Å². The van der Waals surface area contributed by atoms with Crippen molar-refractivity contribution < 1.29 is 19.9 Å². The van der Waals surface area contributed by atoms with Gasteiger partial charge in [-0.1, -0.05) is 0 Å². The molecule has 0 radical (unpaired) electrons. The summed E-state index contributed by atoms with van der Waals surface area (Å²) in [7, 11) is 0. The molecule has 0 unspecified atom stereocenters. The van der Waals surface area contributed by atoms with Crippen LogP contribution in [0.25, 0.3) is 0 Å². The summed E-state index contributed by atoms with van der Waals surface area (Å²) >= 11 is 0. The summed E-state index contributed by atoms with van der Waals surface area (Å²) in [4.78, 5) is 12.6. The molecule has 0 amide bonds. The highest BCUT2D eigenvalue weighted by Gasteiger charge is 2.48. The summed E-state index contributed by atoms with van der Waals surface area (Å²) in [6.45, 7) is 15.9. The van der Waals surface area contributed by atoms with E-state index < -0.39 is 11.1 Å². The van der Waals surface area contributed by atoms with Crippen LogP contribution >= 0.6 is 0 Å². The van der Waals surface area contributed by atoms with Crippen LogP contribution < -0.4 is 0 Å². The largest absolute Gasteiger partial charge is 0.462 e. The van der Waals surface area contributed by atoms with Gasteiger partial charge in [-0.05, 0) is 74.1 Å². The van der Waals surface area contributed by atoms with Crippen LogP contribution in [0.5, 0.6) is 0 Å². The molecule has 0 atom stereocenters. The zero-order valence-electron chi connectivity index (χ0n) is 17.8. The monoisotopic (exact) mass is 370 g/mol. The molecule has 2 heterocycles. The molecule has 0 aromatic carbocycles. The Morgan fingerprint density at radius 2 is 1.15 bits per heavy atom. The van der Waals surface area contributed by atoms with Crippen LogP contribution in [0.15, 0.2) is 0 Å². The normalized spacial score (nSPS) is 29.5. The van der Waals surface area contributed by atoms with Gasteiger partial charge in [0.15, 0.2) is 0 Å². The smallest absolute Gasteiger partial charge is 0.306 e. The van der Waals surface area contributed by atoms with Gasteiger partial charge in [-0.25, -0.2) is 0 Å². The molecule has 0 aliphatic carbocycles. The Bertz CT molecular complexity index is 460. The molecule has 6 nitrogen and oxygen atoms in total. The van der Waals surface area contributed by atoms with Gasteiger partial charge in [-0.3, -0.25) is 4.79 Å². The fourth-order valence-electron chi connectivity index (χ4n) is 5.35. The SMILES string of the molecule is CC1(C)CC(CC(=O)OC2CC(C)(C)N(O)C(C)(C)C2)CC(C)(C)N1O. The number of hydroxylamine groups is 4. The minimum Gasteiger partial charge on any atom is -0.462 e. The van der Waals surface area contributed by atoms with Crippen LogP contribution in [0, 0.1) is 5.92 Å². The zero-order chi connectivity index (χ0) is 20.1. The minimum absolute atomic E-state index is 0.170. The number of piperidine rings is 2. The standard InChI is InChI=1S/C20H38N2O4/c1-17(2)10-14(11-18(3,4)21(17)24)9-16(23)26-15-12-19(5,6)22(25)20(7,8)13-15/h14-15,24-25H,9-13H2,1-8H3. The molecule has 2 aliphatic heterocycles. The molecule has 0 saturated carbocycles. The van der Waals surface area contributed by atoms with Crippen molar-refractivity contribution in [3.8, 4) is 0 Å². The van der Waals surface area contributed by atoms with E-state index in [0.29, 0.717) is 19.3 Å². The number of rotatable bonds is 3. The van der Waals surface area contributed by atoms with Crippen LogP contribution in [0.2, 0.25) is 0 Å².